The zero-order chi connectivity index (χ0) is 26.1. The maximum absolute atomic E-state index is 13.1. The van der Waals surface area contributed by atoms with Crippen molar-refractivity contribution in [3.63, 3.8) is 0 Å². The lowest BCUT2D eigenvalue weighted by Gasteiger charge is -2.09. The van der Waals surface area contributed by atoms with Crippen molar-refractivity contribution >= 4 is 0 Å². The molecule has 0 aliphatic heterocycles. The molecule has 4 rings (SSSR count). The van der Waals surface area contributed by atoms with Gasteiger partial charge in [0.1, 0.15) is 0 Å². The number of aryl methyl sites for hydroxylation is 2. The lowest BCUT2D eigenvalue weighted by molar-refractivity contribution is -0.688. The van der Waals surface area contributed by atoms with Crippen LogP contribution in [0.25, 0.3) is 11.1 Å². The van der Waals surface area contributed by atoms with Gasteiger partial charge in [0.15, 0.2) is 37.9 Å². The molecule has 2 nitrogen and oxygen atoms in total. The highest BCUT2D eigenvalue weighted by Crippen LogP contribution is 2.31. The molecule has 186 valence electrons. The summed E-state index contributed by atoms with van der Waals surface area (Å²) in [6.07, 6.45) is -1.57. The van der Waals surface area contributed by atoms with Crippen LogP contribution in [0.15, 0.2) is 85.5 Å². The minimum atomic E-state index is -4.39. The third-order valence-corrected chi connectivity index (χ3v) is 5.77. The number of aromatic nitrogens is 2. The van der Waals surface area contributed by atoms with Crippen LogP contribution in [0.1, 0.15) is 33.4 Å². The number of benzene rings is 2. The molecule has 2 aromatic heterocycles. The first-order valence-electron chi connectivity index (χ1n) is 11.2. The number of nitrogens with zero attached hydrogens (tertiary/aromatic N) is 2. The van der Waals surface area contributed by atoms with Gasteiger partial charge >= 0.3 is 12.4 Å². The van der Waals surface area contributed by atoms with E-state index in [1.807, 2.05) is 24.3 Å². The number of halogens is 6. The van der Waals surface area contributed by atoms with Gasteiger partial charge in [-0.1, -0.05) is 11.1 Å². The topological polar surface area (TPSA) is 7.76 Å². The molecule has 0 spiro atoms. The van der Waals surface area contributed by atoms with E-state index in [-0.39, 0.29) is 0 Å². The molecule has 2 heterocycles. The van der Waals surface area contributed by atoms with E-state index in [2.05, 4.69) is 0 Å². The standard InChI is InChI=1S/C28H24F6N2/c1-19-11-21(15-25(13-19)27(29,30)31)17-35-7-3-23(4-8-35)24-5-9-36(10-6-24)18-22-12-20(2)14-26(16-22)28(32,33)34/h3-16H,17-18H2,1-2H3/q+2. The van der Waals surface area contributed by atoms with Crippen LogP contribution in [-0.2, 0) is 25.4 Å². The molecule has 8 heteroatoms. The van der Waals surface area contributed by atoms with Crippen molar-refractivity contribution in [2.24, 2.45) is 0 Å². The highest BCUT2D eigenvalue weighted by molar-refractivity contribution is 5.61. The van der Waals surface area contributed by atoms with Gasteiger partial charge < -0.3 is 0 Å². The highest BCUT2D eigenvalue weighted by atomic mass is 19.4. The Labute approximate surface area is 205 Å². The summed E-state index contributed by atoms with van der Waals surface area (Å²) >= 11 is 0. The van der Waals surface area contributed by atoms with E-state index in [1.54, 1.807) is 59.9 Å². The summed E-state index contributed by atoms with van der Waals surface area (Å²) in [4.78, 5) is 0. The number of pyridine rings is 2. The molecule has 0 aliphatic carbocycles. The molecular formula is C28H24F6N2+2. The van der Waals surface area contributed by atoms with Crippen molar-refractivity contribution in [2.75, 3.05) is 0 Å². The Morgan fingerprint density at radius 3 is 1.17 bits per heavy atom. The largest absolute Gasteiger partial charge is 0.416 e. The van der Waals surface area contributed by atoms with Gasteiger partial charge in [-0.05, 0) is 61.4 Å². The molecule has 0 radical (unpaired) electrons. The number of rotatable bonds is 5. The van der Waals surface area contributed by atoms with Gasteiger partial charge in [-0.2, -0.15) is 26.3 Å². The van der Waals surface area contributed by atoms with Crippen molar-refractivity contribution in [3.05, 3.63) is 119 Å². The molecule has 0 unspecified atom stereocenters. The van der Waals surface area contributed by atoms with Crippen molar-refractivity contribution in [1.82, 2.24) is 0 Å². The molecule has 0 amide bonds. The van der Waals surface area contributed by atoms with E-state index in [4.69, 9.17) is 0 Å². The molecule has 2 aromatic carbocycles. The van der Waals surface area contributed by atoms with Crippen molar-refractivity contribution in [3.8, 4) is 11.1 Å². The average molecular weight is 503 g/mol. The first kappa shape index (κ1) is 25.4. The van der Waals surface area contributed by atoms with Crippen LogP contribution in [-0.4, -0.2) is 0 Å². The average Bonchev–Trinajstić information content (AvgIpc) is 2.78. The maximum Gasteiger partial charge on any atom is 0.416 e. The maximum atomic E-state index is 13.1. The Balaban J connectivity index is 1.47. The van der Waals surface area contributed by atoms with Gasteiger partial charge in [0, 0.05) is 35.4 Å². The SMILES string of the molecule is Cc1cc(C[n+]2ccc(-c3cc[n+](Cc4cc(C)cc(C(F)(F)F)c4)cc3)cc2)cc(C(F)(F)F)c1. The van der Waals surface area contributed by atoms with Crippen LogP contribution in [0.3, 0.4) is 0 Å². The molecule has 0 bridgehead atoms. The monoisotopic (exact) mass is 502 g/mol. The van der Waals surface area contributed by atoms with Gasteiger partial charge in [0.25, 0.3) is 0 Å². The summed E-state index contributed by atoms with van der Waals surface area (Å²) in [6.45, 7) is 3.89. The van der Waals surface area contributed by atoms with Crippen molar-refractivity contribution < 1.29 is 35.5 Å². The van der Waals surface area contributed by atoms with Crippen molar-refractivity contribution in [2.45, 2.75) is 39.3 Å². The summed E-state index contributed by atoms with van der Waals surface area (Å²) in [5.74, 6) is 0. The van der Waals surface area contributed by atoms with Gasteiger partial charge in [-0.25, -0.2) is 9.13 Å². The smallest absolute Gasteiger partial charge is 0.201 e. The minimum Gasteiger partial charge on any atom is -0.201 e. The second kappa shape index (κ2) is 9.76. The second-order valence-electron chi connectivity index (χ2n) is 8.93. The van der Waals surface area contributed by atoms with Crippen LogP contribution in [0.2, 0.25) is 0 Å². The van der Waals surface area contributed by atoms with E-state index in [9.17, 15) is 26.3 Å². The molecule has 0 N–H and O–H groups in total. The zero-order valence-corrected chi connectivity index (χ0v) is 19.7. The predicted molar refractivity (Wildman–Crippen MR) is 123 cm³/mol. The fourth-order valence-electron chi connectivity index (χ4n) is 4.17. The summed E-state index contributed by atoms with van der Waals surface area (Å²) in [6, 6.07) is 15.5. The molecule has 0 saturated carbocycles. The Bertz CT molecular complexity index is 1250. The molecule has 0 saturated heterocycles. The molecule has 0 atom stereocenters. The van der Waals surface area contributed by atoms with Crippen LogP contribution < -0.4 is 9.13 Å². The van der Waals surface area contributed by atoms with Gasteiger partial charge in [-0.3, -0.25) is 0 Å². The Hall–Kier alpha value is -3.68. The molecule has 0 aliphatic rings. The quantitative estimate of drug-likeness (QED) is 0.213. The summed E-state index contributed by atoms with van der Waals surface area (Å²) < 4.78 is 82.2. The third-order valence-electron chi connectivity index (χ3n) is 5.77. The van der Waals surface area contributed by atoms with Gasteiger partial charge in [-0.15, -0.1) is 0 Å². The third kappa shape index (κ3) is 6.30. The minimum absolute atomic E-state index is 0.302. The second-order valence-corrected chi connectivity index (χ2v) is 8.93. The first-order valence-corrected chi connectivity index (χ1v) is 11.2. The van der Waals surface area contributed by atoms with E-state index in [0.29, 0.717) is 35.3 Å². The molecule has 36 heavy (non-hydrogen) atoms. The van der Waals surface area contributed by atoms with E-state index < -0.39 is 23.5 Å². The fourth-order valence-corrected chi connectivity index (χ4v) is 4.17. The van der Waals surface area contributed by atoms with Crippen LogP contribution >= 0.6 is 0 Å². The van der Waals surface area contributed by atoms with Crippen LogP contribution in [0, 0.1) is 13.8 Å². The van der Waals surface area contributed by atoms with Gasteiger partial charge in [0.2, 0.25) is 0 Å². The zero-order valence-electron chi connectivity index (χ0n) is 19.7. The number of hydrogen-bond acceptors (Lipinski definition) is 0. The van der Waals surface area contributed by atoms with E-state index in [0.717, 1.165) is 35.4 Å². The Morgan fingerprint density at radius 1 is 0.528 bits per heavy atom. The highest BCUT2D eigenvalue weighted by Gasteiger charge is 2.32. The molecule has 4 aromatic rings. The van der Waals surface area contributed by atoms with Gasteiger partial charge in [0.05, 0.1) is 11.1 Å². The Kier molecular flexibility index (Phi) is 6.89. The van der Waals surface area contributed by atoms with Crippen molar-refractivity contribution in [1.29, 1.82) is 0 Å². The number of alkyl halides is 6. The molecule has 0 fully saturated rings. The normalized spacial score (nSPS) is 12.1. The summed E-state index contributed by atoms with van der Waals surface area (Å²) in [5.41, 5.74) is 2.73. The number of hydrogen-bond donors (Lipinski definition) is 0. The predicted octanol–water partition coefficient (Wildman–Crippen LogP) is 6.68. The van der Waals surface area contributed by atoms with E-state index in [1.165, 1.54) is 0 Å². The lowest BCUT2D eigenvalue weighted by Crippen LogP contribution is -2.33. The van der Waals surface area contributed by atoms with Crippen LogP contribution in [0.4, 0.5) is 26.3 Å². The van der Waals surface area contributed by atoms with Crippen LogP contribution in [0.5, 0.6) is 0 Å². The molecular weight excluding hydrogens is 478 g/mol. The fraction of sp³-hybridized carbons (Fsp3) is 0.214. The summed E-state index contributed by atoms with van der Waals surface area (Å²) in [5, 5.41) is 0. The Morgan fingerprint density at radius 2 is 0.861 bits per heavy atom. The van der Waals surface area contributed by atoms with E-state index >= 15 is 0 Å². The first-order chi connectivity index (χ1) is 16.9. The lowest BCUT2D eigenvalue weighted by atomic mass is 10.1. The summed E-state index contributed by atoms with van der Waals surface area (Å²) in [7, 11) is 0.